The van der Waals surface area contributed by atoms with Crippen LogP contribution in [0.5, 0.6) is 0 Å². The highest BCUT2D eigenvalue weighted by atomic mass is 15.0. The highest BCUT2D eigenvalue weighted by molar-refractivity contribution is 6.14. The molecule has 0 spiro atoms. The molecule has 0 bridgehead atoms. The van der Waals surface area contributed by atoms with Crippen molar-refractivity contribution in [2.75, 3.05) is 0 Å². The third-order valence-electron chi connectivity index (χ3n) is 10.1. The molecule has 2 heterocycles. The second-order valence-corrected chi connectivity index (χ2v) is 12.9. The lowest BCUT2D eigenvalue weighted by molar-refractivity contribution is 1.18. The number of hydrogen-bond acceptors (Lipinski definition) is 0. The van der Waals surface area contributed by atoms with Gasteiger partial charge in [-0.25, -0.2) is 0 Å². The van der Waals surface area contributed by atoms with Crippen LogP contribution in [0.4, 0.5) is 0 Å². The van der Waals surface area contributed by atoms with Crippen molar-refractivity contribution in [2.24, 2.45) is 0 Å². The molecule has 2 heteroatoms. The smallest absolute Gasteiger partial charge is 0.0619 e. The lowest BCUT2D eigenvalue weighted by atomic mass is 9.97. The summed E-state index contributed by atoms with van der Waals surface area (Å²) in [6.07, 6.45) is 0. The van der Waals surface area contributed by atoms with Gasteiger partial charge in [-0.05, 0) is 58.7 Å². The third-order valence-corrected chi connectivity index (χ3v) is 10.1. The van der Waals surface area contributed by atoms with Crippen LogP contribution in [0.1, 0.15) is 0 Å². The number of fused-ring (bicyclic) bond motifs is 6. The molecule has 10 aromatic rings. The van der Waals surface area contributed by atoms with Crippen molar-refractivity contribution in [1.29, 1.82) is 0 Å². The normalized spacial score (nSPS) is 11.6. The van der Waals surface area contributed by atoms with Crippen molar-refractivity contribution >= 4 is 43.6 Å². The molecule has 0 aliphatic carbocycles. The molecular formula is C48H32N2. The van der Waals surface area contributed by atoms with Gasteiger partial charge >= 0.3 is 0 Å². The Balaban J connectivity index is 1.14. The fourth-order valence-electron chi connectivity index (χ4n) is 7.88. The number of rotatable bonds is 5. The van der Waals surface area contributed by atoms with Gasteiger partial charge in [0.25, 0.3) is 0 Å². The van der Waals surface area contributed by atoms with Crippen molar-refractivity contribution in [3.05, 3.63) is 194 Å². The maximum absolute atomic E-state index is 2.44. The zero-order valence-electron chi connectivity index (χ0n) is 27.4. The average Bonchev–Trinajstić information content (AvgIpc) is 3.71. The Morgan fingerprint density at radius 1 is 0.280 bits per heavy atom. The van der Waals surface area contributed by atoms with Gasteiger partial charge in [-0.2, -0.15) is 0 Å². The summed E-state index contributed by atoms with van der Waals surface area (Å²) in [7, 11) is 0. The van der Waals surface area contributed by atoms with Crippen LogP contribution in [0.3, 0.4) is 0 Å². The number of benzene rings is 8. The van der Waals surface area contributed by atoms with E-state index >= 15 is 0 Å². The first kappa shape index (κ1) is 28.4. The van der Waals surface area contributed by atoms with Crippen molar-refractivity contribution in [3.8, 4) is 44.8 Å². The quantitative estimate of drug-likeness (QED) is 0.178. The fourth-order valence-corrected chi connectivity index (χ4v) is 7.88. The summed E-state index contributed by atoms with van der Waals surface area (Å²) in [6.45, 7) is 0. The minimum absolute atomic E-state index is 1.17. The van der Waals surface area contributed by atoms with Crippen LogP contribution < -0.4 is 0 Å². The molecule has 2 aromatic heterocycles. The summed E-state index contributed by atoms with van der Waals surface area (Å²) < 4.78 is 4.86. The monoisotopic (exact) mass is 636 g/mol. The fraction of sp³-hybridized carbons (Fsp3) is 0. The van der Waals surface area contributed by atoms with Gasteiger partial charge in [0.05, 0.1) is 27.8 Å². The molecule has 8 aromatic carbocycles. The van der Waals surface area contributed by atoms with Crippen molar-refractivity contribution in [2.45, 2.75) is 0 Å². The zero-order chi connectivity index (χ0) is 33.0. The summed E-state index contributed by atoms with van der Waals surface area (Å²) in [5.41, 5.74) is 14.4. The van der Waals surface area contributed by atoms with E-state index in [9.17, 15) is 0 Å². The molecule has 0 aliphatic heterocycles. The molecule has 0 saturated heterocycles. The SMILES string of the molecule is c1ccc(-c2ccc3c4ccccc4n(-c4ccccc4-c4ccc(-c5cccc6c7ccccc7n(-c7ccccc7)c56)cc4)c3c2)cc1. The molecule has 0 fully saturated rings. The van der Waals surface area contributed by atoms with Gasteiger partial charge in [0.2, 0.25) is 0 Å². The van der Waals surface area contributed by atoms with E-state index in [2.05, 4.69) is 203 Å². The van der Waals surface area contributed by atoms with Gasteiger partial charge in [-0.3, -0.25) is 0 Å². The van der Waals surface area contributed by atoms with E-state index in [4.69, 9.17) is 0 Å². The number of hydrogen-bond donors (Lipinski definition) is 0. The maximum atomic E-state index is 2.44. The van der Waals surface area contributed by atoms with Gasteiger partial charge in [-0.1, -0.05) is 158 Å². The topological polar surface area (TPSA) is 9.86 Å². The molecule has 2 nitrogen and oxygen atoms in total. The summed E-state index contributed by atoms with van der Waals surface area (Å²) in [6, 6.07) is 70.3. The van der Waals surface area contributed by atoms with E-state index in [0.717, 1.165) is 0 Å². The molecule has 50 heavy (non-hydrogen) atoms. The lowest BCUT2D eigenvalue weighted by Crippen LogP contribution is -1.97. The van der Waals surface area contributed by atoms with E-state index < -0.39 is 0 Å². The van der Waals surface area contributed by atoms with Crippen LogP contribution in [-0.2, 0) is 0 Å². The molecule has 0 atom stereocenters. The van der Waals surface area contributed by atoms with E-state index in [0.29, 0.717) is 0 Å². The minimum Gasteiger partial charge on any atom is -0.309 e. The van der Waals surface area contributed by atoms with Crippen LogP contribution in [0.25, 0.3) is 88.4 Å². The van der Waals surface area contributed by atoms with Gasteiger partial charge in [0, 0.05) is 38.4 Å². The van der Waals surface area contributed by atoms with Crippen LogP contribution >= 0.6 is 0 Å². The zero-order valence-corrected chi connectivity index (χ0v) is 27.4. The Morgan fingerprint density at radius 2 is 0.800 bits per heavy atom. The number of nitrogens with zero attached hydrogens (tertiary/aromatic N) is 2. The van der Waals surface area contributed by atoms with E-state index in [-0.39, 0.29) is 0 Å². The second-order valence-electron chi connectivity index (χ2n) is 12.9. The highest BCUT2D eigenvalue weighted by Crippen LogP contribution is 2.40. The molecule has 0 aliphatic rings. The van der Waals surface area contributed by atoms with Crippen LogP contribution in [0.15, 0.2) is 194 Å². The lowest BCUT2D eigenvalue weighted by Gasteiger charge is -2.15. The predicted octanol–water partition coefficient (Wildman–Crippen LogP) is 12.9. The molecule has 10 rings (SSSR count). The Bertz CT molecular complexity index is 2840. The first-order valence-electron chi connectivity index (χ1n) is 17.2. The molecule has 0 amide bonds. The Hall–Kier alpha value is -6.64. The third kappa shape index (κ3) is 4.43. The first-order chi connectivity index (χ1) is 24.8. The Kier molecular flexibility index (Phi) is 6.53. The van der Waals surface area contributed by atoms with Gasteiger partial charge in [-0.15, -0.1) is 0 Å². The molecule has 0 radical (unpaired) electrons. The van der Waals surface area contributed by atoms with E-state index in [1.54, 1.807) is 0 Å². The van der Waals surface area contributed by atoms with Gasteiger partial charge in [0.15, 0.2) is 0 Å². The van der Waals surface area contributed by atoms with Crippen LogP contribution in [0.2, 0.25) is 0 Å². The predicted molar refractivity (Wildman–Crippen MR) is 211 cm³/mol. The molecule has 0 saturated carbocycles. The largest absolute Gasteiger partial charge is 0.309 e. The van der Waals surface area contributed by atoms with E-state index in [1.165, 1.54) is 88.4 Å². The summed E-state index contributed by atoms with van der Waals surface area (Å²) in [5, 5.41) is 5.04. The Morgan fingerprint density at radius 3 is 1.56 bits per heavy atom. The second kappa shape index (κ2) is 11.5. The van der Waals surface area contributed by atoms with Crippen LogP contribution in [0, 0.1) is 0 Å². The van der Waals surface area contributed by atoms with Crippen molar-refractivity contribution in [1.82, 2.24) is 9.13 Å². The van der Waals surface area contributed by atoms with Crippen molar-refractivity contribution < 1.29 is 0 Å². The highest BCUT2D eigenvalue weighted by Gasteiger charge is 2.18. The number of aromatic nitrogens is 2. The minimum atomic E-state index is 1.17. The van der Waals surface area contributed by atoms with Gasteiger partial charge < -0.3 is 9.13 Å². The van der Waals surface area contributed by atoms with Crippen LogP contribution in [-0.4, -0.2) is 9.13 Å². The Labute approximate surface area is 290 Å². The summed E-state index contributed by atoms with van der Waals surface area (Å²) in [4.78, 5) is 0. The van der Waals surface area contributed by atoms with Gasteiger partial charge in [0.1, 0.15) is 0 Å². The first-order valence-corrected chi connectivity index (χ1v) is 17.2. The average molecular weight is 637 g/mol. The standard InChI is InChI=1S/C48H32N2/c1-3-14-33(15-4-1)36-30-31-42-40-19-8-12-25-46(40)50(47(42)32-36)44-23-10-7-18-38(44)34-26-28-35(29-27-34)39-21-13-22-43-41-20-9-11-24-45(41)49(48(39)43)37-16-5-2-6-17-37/h1-32H. The molecule has 0 N–H and O–H groups in total. The maximum Gasteiger partial charge on any atom is 0.0619 e. The molecular weight excluding hydrogens is 605 g/mol. The van der Waals surface area contributed by atoms with E-state index in [1.807, 2.05) is 0 Å². The van der Waals surface area contributed by atoms with Crippen molar-refractivity contribution in [3.63, 3.8) is 0 Å². The molecule has 0 unspecified atom stereocenters. The summed E-state index contributed by atoms with van der Waals surface area (Å²) >= 11 is 0. The summed E-state index contributed by atoms with van der Waals surface area (Å²) in [5.74, 6) is 0. The molecule has 234 valence electrons. The number of para-hydroxylation sites is 5.